The molecule has 6 heteroatoms. The van der Waals surface area contributed by atoms with Gasteiger partial charge in [-0.25, -0.2) is 13.1 Å². The maximum atomic E-state index is 12.2. The lowest BCUT2D eigenvalue weighted by molar-refractivity contribution is -0.117. The third kappa shape index (κ3) is 4.12. The molecule has 0 heterocycles. The zero-order valence-corrected chi connectivity index (χ0v) is 15.6. The number of hydrogen-bond acceptors (Lipinski definition) is 3. The predicted molar refractivity (Wildman–Crippen MR) is 98.3 cm³/mol. The van der Waals surface area contributed by atoms with Crippen molar-refractivity contribution in [1.29, 1.82) is 0 Å². The smallest absolute Gasteiger partial charge is 0.244 e. The Morgan fingerprint density at radius 2 is 1.92 bits per heavy atom. The van der Waals surface area contributed by atoms with E-state index in [4.69, 9.17) is 0 Å². The van der Waals surface area contributed by atoms with E-state index in [0.29, 0.717) is 5.92 Å². The summed E-state index contributed by atoms with van der Waals surface area (Å²) in [6.45, 7) is 2.11. The molecule has 0 unspecified atom stereocenters. The number of nitrogens with one attached hydrogen (secondary N) is 2. The summed E-state index contributed by atoms with van der Waals surface area (Å²) >= 11 is 0. The van der Waals surface area contributed by atoms with Crippen LogP contribution in [0.3, 0.4) is 0 Å². The highest BCUT2D eigenvalue weighted by molar-refractivity contribution is 7.89. The minimum atomic E-state index is -3.43. The summed E-state index contributed by atoms with van der Waals surface area (Å²) in [7, 11) is -2.05. The zero-order chi connectivity index (χ0) is 18.0. The zero-order valence-electron chi connectivity index (χ0n) is 14.7. The summed E-state index contributed by atoms with van der Waals surface area (Å²) in [6, 6.07) is 6.64. The Morgan fingerprint density at radius 3 is 2.48 bits per heavy atom. The van der Waals surface area contributed by atoms with Crippen molar-refractivity contribution < 1.29 is 13.2 Å². The first-order valence-corrected chi connectivity index (χ1v) is 10.4. The molecule has 1 amide bonds. The fraction of sp³-hybridized carbons (Fsp3) is 0.526. The lowest BCUT2D eigenvalue weighted by Gasteiger charge is -2.28. The van der Waals surface area contributed by atoms with Gasteiger partial charge in [-0.05, 0) is 74.8 Å². The minimum Gasteiger partial charge on any atom is -0.350 e. The lowest BCUT2D eigenvalue weighted by atomic mass is 9.84. The van der Waals surface area contributed by atoms with Crippen LogP contribution >= 0.6 is 0 Å². The van der Waals surface area contributed by atoms with Crippen LogP contribution in [0.4, 0.5) is 0 Å². The monoisotopic (exact) mass is 362 g/mol. The van der Waals surface area contributed by atoms with E-state index in [-0.39, 0.29) is 16.8 Å². The van der Waals surface area contributed by atoms with Crippen molar-refractivity contribution in [1.82, 2.24) is 10.0 Å². The van der Waals surface area contributed by atoms with E-state index >= 15 is 0 Å². The summed E-state index contributed by atoms with van der Waals surface area (Å²) in [4.78, 5) is 12.4. The molecule has 136 valence electrons. The number of hydrogen-bond donors (Lipinski definition) is 2. The van der Waals surface area contributed by atoms with Gasteiger partial charge in [-0.15, -0.1) is 0 Å². The third-order valence-electron chi connectivity index (χ3n) is 5.69. The molecule has 2 fully saturated rings. The molecule has 2 saturated carbocycles. The van der Waals surface area contributed by atoms with Crippen LogP contribution in [-0.4, -0.2) is 27.4 Å². The van der Waals surface area contributed by atoms with E-state index < -0.39 is 10.0 Å². The van der Waals surface area contributed by atoms with Crippen molar-refractivity contribution in [2.24, 2.45) is 17.8 Å². The van der Waals surface area contributed by atoms with Crippen LogP contribution in [0.2, 0.25) is 0 Å². The fourth-order valence-electron chi connectivity index (χ4n) is 4.33. The summed E-state index contributed by atoms with van der Waals surface area (Å²) in [6.07, 6.45) is 8.48. The van der Waals surface area contributed by atoms with Gasteiger partial charge in [-0.3, -0.25) is 4.79 Å². The van der Waals surface area contributed by atoms with E-state index in [2.05, 4.69) is 17.0 Å². The van der Waals surface area contributed by atoms with Crippen molar-refractivity contribution >= 4 is 22.0 Å². The van der Waals surface area contributed by atoms with Crippen molar-refractivity contribution in [3.05, 3.63) is 35.9 Å². The molecule has 2 aliphatic carbocycles. The molecule has 0 saturated heterocycles. The highest BCUT2D eigenvalue weighted by Crippen LogP contribution is 2.49. The normalized spacial score (nSPS) is 26.9. The molecule has 2 bridgehead atoms. The van der Waals surface area contributed by atoms with Crippen LogP contribution in [-0.2, 0) is 14.8 Å². The molecule has 2 N–H and O–H groups in total. The van der Waals surface area contributed by atoms with Gasteiger partial charge in [0.05, 0.1) is 4.90 Å². The Kier molecular flexibility index (Phi) is 5.29. The number of fused-ring (bicyclic) bond motifs is 2. The Morgan fingerprint density at radius 1 is 1.20 bits per heavy atom. The van der Waals surface area contributed by atoms with Gasteiger partial charge >= 0.3 is 0 Å². The van der Waals surface area contributed by atoms with Gasteiger partial charge in [0, 0.05) is 12.1 Å². The Labute approximate surface area is 149 Å². The van der Waals surface area contributed by atoms with E-state index in [1.54, 1.807) is 18.2 Å². The van der Waals surface area contributed by atoms with Gasteiger partial charge in [-0.1, -0.05) is 18.6 Å². The SMILES string of the molecule is CNS(=O)(=O)c1ccc(/C=C/C(=O)N[C@H](C)[C@H]2C[C@H]3CC[C@H]2C3)cc1. The van der Waals surface area contributed by atoms with E-state index in [1.807, 2.05) is 0 Å². The molecule has 5 nitrogen and oxygen atoms in total. The van der Waals surface area contributed by atoms with Crippen molar-refractivity contribution in [2.45, 2.75) is 43.5 Å². The molecule has 4 atom stereocenters. The van der Waals surface area contributed by atoms with Crippen LogP contribution in [0.1, 0.15) is 38.2 Å². The quantitative estimate of drug-likeness (QED) is 0.764. The highest BCUT2D eigenvalue weighted by atomic mass is 32.2. The number of carbonyl (C=O) groups excluding carboxylic acids is 1. The number of sulfonamides is 1. The maximum Gasteiger partial charge on any atom is 0.244 e. The van der Waals surface area contributed by atoms with Crippen LogP contribution in [0.15, 0.2) is 35.2 Å². The first-order valence-electron chi connectivity index (χ1n) is 8.91. The van der Waals surface area contributed by atoms with Gasteiger partial charge in [0.15, 0.2) is 0 Å². The fourth-order valence-corrected chi connectivity index (χ4v) is 5.06. The Bertz CT molecular complexity index is 755. The van der Waals surface area contributed by atoms with Gasteiger partial charge in [-0.2, -0.15) is 0 Å². The second kappa shape index (κ2) is 7.30. The molecule has 0 aromatic heterocycles. The molecule has 1 aromatic carbocycles. The summed E-state index contributed by atoms with van der Waals surface area (Å²) in [5.41, 5.74) is 0.790. The molecule has 0 aliphatic heterocycles. The van der Waals surface area contributed by atoms with E-state index in [1.165, 1.54) is 50.9 Å². The molecule has 0 spiro atoms. The van der Waals surface area contributed by atoms with Crippen molar-refractivity contribution in [3.63, 3.8) is 0 Å². The predicted octanol–water partition coefficient (Wildman–Crippen LogP) is 2.55. The molecular weight excluding hydrogens is 336 g/mol. The van der Waals surface area contributed by atoms with Crippen LogP contribution < -0.4 is 10.0 Å². The van der Waals surface area contributed by atoms with E-state index in [9.17, 15) is 13.2 Å². The van der Waals surface area contributed by atoms with Crippen LogP contribution in [0.5, 0.6) is 0 Å². The molecule has 1 aromatic rings. The van der Waals surface area contributed by atoms with Gasteiger partial charge < -0.3 is 5.32 Å². The van der Waals surface area contributed by atoms with Gasteiger partial charge in [0.2, 0.25) is 15.9 Å². The Hall–Kier alpha value is -1.66. The summed E-state index contributed by atoms with van der Waals surface area (Å²) in [5, 5.41) is 3.09. The number of amides is 1. The highest BCUT2D eigenvalue weighted by Gasteiger charge is 2.41. The Balaban J connectivity index is 1.55. The maximum absolute atomic E-state index is 12.2. The van der Waals surface area contributed by atoms with Crippen LogP contribution in [0, 0.1) is 17.8 Å². The number of rotatable bonds is 6. The first-order chi connectivity index (χ1) is 11.9. The largest absolute Gasteiger partial charge is 0.350 e. The van der Waals surface area contributed by atoms with Crippen LogP contribution in [0.25, 0.3) is 6.08 Å². The molecule has 25 heavy (non-hydrogen) atoms. The van der Waals surface area contributed by atoms with Gasteiger partial charge in [0.25, 0.3) is 0 Å². The number of carbonyl (C=O) groups is 1. The van der Waals surface area contributed by atoms with Gasteiger partial charge in [0.1, 0.15) is 0 Å². The average molecular weight is 362 g/mol. The number of benzene rings is 1. The summed E-state index contributed by atoms with van der Waals surface area (Å²) in [5.74, 6) is 2.17. The average Bonchev–Trinajstić information content (AvgIpc) is 3.23. The minimum absolute atomic E-state index is 0.0952. The topological polar surface area (TPSA) is 75.3 Å². The second-order valence-electron chi connectivity index (χ2n) is 7.25. The second-order valence-corrected chi connectivity index (χ2v) is 9.13. The molecule has 3 rings (SSSR count). The third-order valence-corrected chi connectivity index (χ3v) is 7.12. The summed E-state index contributed by atoms with van der Waals surface area (Å²) < 4.78 is 25.7. The standard InChI is InChI=1S/C19H26N2O3S/c1-13(18-12-15-3-7-16(18)11-15)21-19(22)10-6-14-4-8-17(9-5-14)25(23,24)20-2/h4-6,8-10,13,15-16,18,20H,3,7,11-12H2,1-2H3,(H,21,22)/b10-6+/t13-,15+,16+,18-/m1/s1. The van der Waals surface area contributed by atoms with Crippen molar-refractivity contribution in [3.8, 4) is 0 Å². The van der Waals surface area contributed by atoms with E-state index in [0.717, 1.165) is 17.4 Å². The first kappa shape index (κ1) is 18.1. The lowest BCUT2D eigenvalue weighted by Crippen LogP contribution is -2.39. The molecule has 2 aliphatic rings. The molecule has 0 radical (unpaired) electrons. The molecular formula is C19H26N2O3S. The van der Waals surface area contributed by atoms with Crippen molar-refractivity contribution in [2.75, 3.05) is 7.05 Å².